The number of nitrogens with zero attached hydrogens (tertiary/aromatic N) is 3. The molecule has 4 heteroatoms. The summed E-state index contributed by atoms with van der Waals surface area (Å²) < 4.78 is 2.08. The van der Waals surface area contributed by atoms with Gasteiger partial charge in [0.1, 0.15) is 5.65 Å². The third-order valence-electron chi connectivity index (χ3n) is 2.71. The fourth-order valence-corrected chi connectivity index (χ4v) is 1.98. The average Bonchev–Trinajstić information content (AvgIpc) is 2.83. The number of imidazole rings is 1. The van der Waals surface area contributed by atoms with Gasteiger partial charge in [-0.15, -0.1) is 0 Å². The summed E-state index contributed by atoms with van der Waals surface area (Å²) in [5.74, 6) is 0. The van der Waals surface area contributed by atoms with Crippen molar-refractivity contribution < 1.29 is 0 Å². The number of H-pyrrole nitrogens is 1. The van der Waals surface area contributed by atoms with Crippen molar-refractivity contribution in [2.45, 2.75) is 13.8 Å². The summed E-state index contributed by atoms with van der Waals surface area (Å²) >= 11 is 0. The second kappa shape index (κ2) is 3.20. The predicted molar refractivity (Wildman–Crippen MR) is 62.2 cm³/mol. The summed E-state index contributed by atoms with van der Waals surface area (Å²) in [7, 11) is 0. The Morgan fingerprint density at radius 2 is 2.12 bits per heavy atom. The molecule has 3 rings (SSSR count). The predicted octanol–water partition coefficient (Wildman–Crippen LogP) is 2.34. The quantitative estimate of drug-likeness (QED) is 0.673. The summed E-state index contributed by atoms with van der Waals surface area (Å²) in [5.41, 5.74) is 5.27. The SMILES string of the molecule is Cc1ccn2c(-c3ccn[nH]3)c(C)nc2c1. The Morgan fingerprint density at radius 3 is 2.88 bits per heavy atom. The zero-order valence-corrected chi connectivity index (χ0v) is 9.23. The molecule has 0 radical (unpaired) electrons. The van der Waals surface area contributed by atoms with Gasteiger partial charge in [0, 0.05) is 12.4 Å². The van der Waals surface area contributed by atoms with Crippen molar-refractivity contribution in [3.8, 4) is 11.4 Å². The van der Waals surface area contributed by atoms with Crippen molar-refractivity contribution in [2.24, 2.45) is 0 Å². The summed E-state index contributed by atoms with van der Waals surface area (Å²) in [6, 6.07) is 6.11. The largest absolute Gasteiger partial charge is 0.298 e. The van der Waals surface area contributed by atoms with Gasteiger partial charge in [-0.25, -0.2) is 4.98 Å². The van der Waals surface area contributed by atoms with Crippen LogP contribution in [-0.2, 0) is 0 Å². The summed E-state index contributed by atoms with van der Waals surface area (Å²) in [6.07, 6.45) is 3.79. The Balaban J connectivity index is 2.36. The molecule has 0 saturated heterocycles. The Bertz CT molecular complexity index is 634. The van der Waals surface area contributed by atoms with E-state index in [4.69, 9.17) is 0 Å². The molecule has 0 aliphatic carbocycles. The molecule has 0 unspecified atom stereocenters. The molecule has 0 aromatic carbocycles. The first-order valence-corrected chi connectivity index (χ1v) is 5.21. The second-order valence-electron chi connectivity index (χ2n) is 3.95. The van der Waals surface area contributed by atoms with Gasteiger partial charge in [0.05, 0.1) is 17.1 Å². The smallest absolute Gasteiger partial charge is 0.137 e. The number of pyridine rings is 1. The van der Waals surface area contributed by atoms with Crippen molar-refractivity contribution in [1.82, 2.24) is 19.6 Å². The normalized spacial score (nSPS) is 11.1. The van der Waals surface area contributed by atoms with Gasteiger partial charge in [-0.1, -0.05) is 0 Å². The monoisotopic (exact) mass is 212 g/mol. The molecule has 0 bridgehead atoms. The van der Waals surface area contributed by atoms with Gasteiger partial charge >= 0.3 is 0 Å². The van der Waals surface area contributed by atoms with Gasteiger partial charge in [-0.05, 0) is 37.6 Å². The molecule has 3 aromatic heterocycles. The lowest BCUT2D eigenvalue weighted by molar-refractivity contribution is 1.07. The summed E-state index contributed by atoms with van der Waals surface area (Å²) in [6.45, 7) is 4.08. The Kier molecular flexibility index (Phi) is 1.83. The minimum absolute atomic E-state index is 0.974. The maximum Gasteiger partial charge on any atom is 0.137 e. The molecule has 0 saturated carbocycles. The van der Waals surface area contributed by atoms with Crippen LogP contribution >= 0.6 is 0 Å². The second-order valence-corrected chi connectivity index (χ2v) is 3.95. The molecule has 80 valence electrons. The number of nitrogens with one attached hydrogen (secondary N) is 1. The van der Waals surface area contributed by atoms with E-state index in [0.717, 1.165) is 22.7 Å². The zero-order valence-electron chi connectivity index (χ0n) is 9.23. The van der Waals surface area contributed by atoms with Crippen LogP contribution < -0.4 is 0 Å². The lowest BCUT2D eigenvalue weighted by atomic mass is 10.2. The highest BCUT2D eigenvalue weighted by molar-refractivity contribution is 5.63. The van der Waals surface area contributed by atoms with E-state index in [0.29, 0.717) is 0 Å². The van der Waals surface area contributed by atoms with Crippen molar-refractivity contribution in [3.63, 3.8) is 0 Å². The Hall–Kier alpha value is -2.10. The number of aromatic nitrogens is 4. The van der Waals surface area contributed by atoms with E-state index < -0.39 is 0 Å². The van der Waals surface area contributed by atoms with Gasteiger partial charge < -0.3 is 0 Å². The topological polar surface area (TPSA) is 46.0 Å². The van der Waals surface area contributed by atoms with Crippen molar-refractivity contribution in [2.75, 3.05) is 0 Å². The lowest BCUT2D eigenvalue weighted by Gasteiger charge is -2.00. The molecule has 0 atom stereocenters. The molecule has 16 heavy (non-hydrogen) atoms. The fourth-order valence-electron chi connectivity index (χ4n) is 1.98. The molecular formula is C12H12N4. The molecule has 1 N–H and O–H groups in total. The van der Waals surface area contributed by atoms with Crippen LogP contribution in [0.15, 0.2) is 30.6 Å². The molecular weight excluding hydrogens is 200 g/mol. The first kappa shape index (κ1) is 9.15. The van der Waals surface area contributed by atoms with Gasteiger partial charge in [-0.3, -0.25) is 9.50 Å². The molecule has 0 fully saturated rings. The third-order valence-corrected chi connectivity index (χ3v) is 2.71. The molecule has 0 spiro atoms. The maximum absolute atomic E-state index is 4.55. The van der Waals surface area contributed by atoms with Crippen LogP contribution in [0.5, 0.6) is 0 Å². The standard InChI is InChI=1S/C12H12N4/c1-8-4-6-16-11(7-8)14-9(2)12(16)10-3-5-13-15-10/h3-7H,1-2H3,(H,13,15). The maximum atomic E-state index is 4.55. The zero-order chi connectivity index (χ0) is 11.1. The molecule has 0 aliphatic rings. The van der Waals surface area contributed by atoms with Gasteiger partial charge in [0.2, 0.25) is 0 Å². The van der Waals surface area contributed by atoms with Crippen LogP contribution in [0, 0.1) is 13.8 Å². The van der Waals surface area contributed by atoms with E-state index in [1.165, 1.54) is 5.56 Å². The molecule has 3 heterocycles. The highest BCUT2D eigenvalue weighted by atomic mass is 15.1. The number of aryl methyl sites for hydroxylation is 2. The lowest BCUT2D eigenvalue weighted by Crippen LogP contribution is -1.89. The van der Waals surface area contributed by atoms with E-state index in [1.54, 1.807) is 6.20 Å². The number of rotatable bonds is 1. The van der Waals surface area contributed by atoms with Gasteiger partial charge in [0.15, 0.2) is 0 Å². The number of hydrogen-bond acceptors (Lipinski definition) is 2. The van der Waals surface area contributed by atoms with E-state index >= 15 is 0 Å². The minimum atomic E-state index is 0.974. The minimum Gasteiger partial charge on any atom is -0.298 e. The molecule has 0 aliphatic heterocycles. The molecule has 3 aromatic rings. The van der Waals surface area contributed by atoms with Crippen LogP contribution in [-0.4, -0.2) is 19.6 Å². The Morgan fingerprint density at radius 1 is 1.25 bits per heavy atom. The third kappa shape index (κ3) is 1.23. The van der Waals surface area contributed by atoms with Crippen LogP contribution in [0.2, 0.25) is 0 Å². The first-order chi connectivity index (χ1) is 7.75. The van der Waals surface area contributed by atoms with E-state index in [-0.39, 0.29) is 0 Å². The summed E-state index contributed by atoms with van der Waals surface area (Å²) in [5, 5.41) is 6.95. The number of aromatic amines is 1. The highest BCUT2D eigenvalue weighted by Gasteiger charge is 2.11. The van der Waals surface area contributed by atoms with Crippen LogP contribution in [0.25, 0.3) is 17.0 Å². The molecule has 4 nitrogen and oxygen atoms in total. The number of fused-ring (bicyclic) bond motifs is 1. The Labute approximate surface area is 93.0 Å². The van der Waals surface area contributed by atoms with Crippen molar-refractivity contribution in [3.05, 3.63) is 41.9 Å². The molecule has 0 amide bonds. The van der Waals surface area contributed by atoms with Crippen LogP contribution in [0.3, 0.4) is 0 Å². The van der Waals surface area contributed by atoms with Crippen molar-refractivity contribution >= 4 is 5.65 Å². The summed E-state index contributed by atoms with van der Waals surface area (Å²) in [4.78, 5) is 4.55. The average molecular weight is 212 g/mol. The van der Waals surface area contributed by atoms with Crippen LogP contribution in [0.4, 0.5) is 0 Å². The van der Waals surface area contributed by atoms with Gasteiger partial charge in [-0.2, -0.15) is 5.10 Å². The fraction of sp³-hybridized carbons (Fsp3) is 0.167. The first-order valence-electron chi connectivity index (χ1n) is 5.21. The van der Waals surface area contributed by atoms with E-state index in [9.17, 15) is 0 Å². The van der Waals surface area contributed by atoms with E-state index in [1.807, 2.05) is 19.2 Å². The van der Waals surface area contributed by atoms with Gasteiger partial charge in [0.25, 0.3) is 0 Å². The number of hydrogen-bond donors (Lipinski definition) is 1. The highest BCUT2D eigenvalue weighted by Crippen LogP contribution is 2.22. The van der Waals surface area contributed by atoms with E-state index in [2.05, 4.69) is 38.6 Å². The van der Waals surface area contributed by atoms with Crippen LogP contribution in [0.1, 0.15) is 11.3 Å². The van der Waals surface area contributed by atoms with Crippen molar-refractivity contribution in [1.29, 1.82) is 0 Å².